The van der Waals surface area contributed by atoms with Crippen LogP contribution in [0.5, 0.6) is 5.75 Å². The van der Waals surface area contributed by atoms with Crippen molar-refractivity contribution in [3.8, 4) is 5.75 Å². The highest BCUT2D eigenvalue weighted by molar-refractivity contribution is 7.93. The fourth-order valence-corrected chi connectivity index (χ4v) is 3.39. The zero-order valence-corrected chi connectivity index (χ0v) is 12.3. The quantitative estimate of drug-likeness (QED) is 0.776. The maximum atomic E-state index is 12.3. The Kier molecular flexibility index (Phi) is 4.33. The van der Waals surface area contributed by atoms with E-state index in [9.17, 15) is 13.2 Å². The van der Waals surface area contributed by atoms with Crippen LogP contribution in [0.1, 0.15) is 5.56 Å². The number of nitrogens with one attached hydrogen (secondary N) is 1. The maximum Gasteiger partial charge on any atom is 0.307 e. The summed E-state index contributed by atoms with van der Waals surface area (Å²) >= 11 is 0.768. The third kappa shape index (κ3) is 3.64. The summed E-state index contributed by atoms with van der Waals surface area (Å²) < 4.78 is 35.1. The van der Waals surface area contributed by atoms with Gasteiger partial charge in [-0.1, -0.05) is 9.59 Å². The molecule has 0 aliphatic rings. The second kappa shape index (κ2) is 6.01. The fourth-order valence-electron chi connectivity index (χ4n) is 1.59. The topological polar surface area (TPSA) is 131 Å². The molecule has 11 heteroatoms. The zero-order valence-electron chi connectivity index (χ0n) is 10.7. The van der Waals surface area contributed by atoms with Gasteiger partial charge in [-0.2, -0.15) is 0 Å². The van der Waals surface area contributed by atoms with Gasteiger partial charge in [0.1, 0.15) is 5.75 Å². The monoisotopic (exact) mass is 330 g/mol. The number of sulfonamides is 1. The first-order valence-corrected chi connectivity index (χ1v) is 7.74. The van der Waals surface area contributed by atoms with Crippen LogP contribution < -0.4 is 9.46 Å². The molecule has 9 nitrogen and oxygen atoms in total. The van der Waals surface area contributed by atoms with E-state index >= 15 is 0 Å². The van der Waals surface area contributed by atoms with Crippen LogP contribution in [0.25, 0.3) is 0 Å². The summed E-state index contributed by atoms with van der Waals surface area (Å²) in [6.07, 6.45) is -0.457. The first-order valence-electron chi connectivity index (χ1n) is 5.49. The van der Waals surface area contributed by atoms with E-state index in [-0.39, 0.29) is 15.6 Å². The van der Waals surface area contributed by atoms with Crippen LogP contribution in [0.4, 0.5) is 5.13 Å². The van der Waals surface area contributed by atoms with E-state index in [1.807, 2.05) is 0 Å². The summed E-state index contributed by atoms with van der Waals surface area (Å²) in [7, 11) is -2.58. The number of hydrogen-bond donors (Lipinski definition) is 2. The van der Waals surface area contributed by atoms with Gasteiger partial charge in [-0.3, -0.25) is 9.52 Å². The Labute approximate surface area is 123 Å². The molecule has 2 N–H and O–H groups in total. The number of carboxylic acids is 1. The van der Waals surface area contributed by atoms with E-state index in [0.29, 0.717) is 5.75 Å². The van der Waals surface area contributed by atoms with Gasteiger partial charge in [0.15, 0.2) is 0 Å². The third-order valence-electron chi connectivity index (χ3n) is 2.42. The Morgan fingerprint density at radius 2 is 2.24 bits per heavy atom. The molecule has 0 amide bonds. The molecule has 0 saturated heterocycles. The number of rotatable bonds is 6. The predicted octanol–water partition coefficient (Wildman–Crippen LogP) is 0.370. The van der Waals surface area contributed by atoms with Crippen molar-refractivity contribution < 1.29 is 23.1 Å². The minimum Gasteiger partial charge on any atom is -0.497 e. The number of anilines is 1. The number of nitrogens with zero attached hydrogens (tertiary/aromatic N) is 3. The van der Waals surface area contributed by atoms with Crippen LogP contribution in [0.2, 0.25) is 0 Å². The van der Waals surface area contributed by atoms with E-state index in [1.54, 1.807) is 0 Å². The molecule has 1 aromatic heterocycles. The van der Waals surface area contributed by atoms with E-state index < -0.39 is 22.4 Å². The molecule has 0 unspecified atom stereocenters. The summed E-state index contributed by atoms with van der Waals surface area (Å²) in [6.45, 7) is 0. The number of carboxylic acid groups (broad SMARTS) is 1. The normalized spacial score (nSPS) is 11.1. The molecule has 0 aliphatic carbocycles. The summed E-state index contributed by atoms with van der Waals surface area (Å²) in [6, 6.07) is 4.06. The molecule has 21 heavy (non-hydrogen) atoms. The van der Waals surface area contributed by atoms with E-state index in [1.165, 1.54) is 25.3 Å². The van der Waals surface area contributed by atoms with Gasteiger partial charge in [-0.05, 0) is 29.0 Å². The van der Waals surface area contributed by atoms with Crippen molar-refractivity contribution in [1.82, 2.24) is 14.8 Å². The van der Waals surface area contributed by atoms with Gasteiger partial charge in [-0.15, -0.1) is 0 Å². The molecule has 1 heterocycles. The molecule has 2 aromatic rings. The van der Waals surface area contributed by atoms with Crippen molar-refractivity contribution in [2.45, 2.75) is 11.3 Å². The first-order chi connectivity index (χ1) is 9.92. The van der Waals surface area contributed by atoms with Gasteiger partial charge in [0.05, 0.1) is 18.4 Å². The fraction of sp³-hybridized carbons (Fsp3) is 0.200. The lowest BCUT2D eigenvalue weighted by Crippen LogP contribution is -2.16. The molecule has 1 aromatic carbocycles. The van der Waals surface area contributed by atoms with Crippen molar-refractivity contribution in [3.05, 3.63) is 23.8 Å². The molecule has 112 valence electrons. The Bertz CT molecular complexity index is 745. The van der Waals surface area contributed by atoms with E-state index in [2.05, 4.69) is 19.5 Å². The number of benzene rings is 1. The lowest BCUT2D eigenvalue weighted by molar-refractivity contribution is -0.136. The van der Waals surface area contributed by atoms with E-state index in [4.69, 9.17) is 9.84 Å². The highest BCUT2D eigenvalue weighted by atomic mass is 32.2. The first kappa shape index (κ1) is 15.1. The predicted molar refractivity (Wildman–Crippen MR) is 72.8 cm³/mol. The highest BCUT2D eigenvalue weighted by Gasteiger charge is 2.22. The van der Waals surface area contributed by atoms with Crippen LogP contribution in [-0.2, 0) is 21.2 Å². The second-order valence-corrected chi connectivity index (χ2v) is 6.20. The van der Waals surface area contributed by atoms with Crippen molar-refractivity contribution in [1.29, 1.82) is 0 Å². The number of aromatic nitrogens is 3. The summed E-state index contributed by atoms with van der Waals surface area (Å²) in [5.74, 6) is -0.792. The van der Waals surface area contributed by atoms with Crippen molar-refractivity contribution in [3.63, 3.8) is 0 Å². The number of methoxy groups -OCH3 is 1. The molecular formula is C10H10N4O5S2. The van der Waals surface area contributed by atoms with Gasteiger partial charge in [0, 0.05) is 11.5 Å². The average Bonchev–Trinajstić information content (AvgIpc) is 2.89. The van der Waals surface area contributed by atoms with Crippen molar-refractivity contribution in [2.75, 3.05) is 11.8 Å². The Balaban J connectivity index is 2.43. The smallest absolute Gasteiger partial charge is 0.307 e. The Hall–Kier alpha value is -2.27. The van der Waals surface area contributed by atoms with Gasteiger partial charge in [-0.25, -0.2) is 8.42 Å². The van der Waals surface area contributed by atoms with Crippen LogP contribution in [0.15, 0.2) is 23.1 Å². The molecule has 0 radical (unpaired) electrons. The molecule has 0 saturated carbocycles. The standard InChI is InChI=1S/C10H10N4O5S2/c1-19-7-2-3-8(6(4-7)5-9(15)16)21(17,18)12-10-11-13-14-20-10/h2-4H,5H2,1H3,(H,15,16)(H,11,12,14). The SMILES string of the molecule is COc1ccc(S(=O)(=O)Nc2nnns2)c(CC(=O)O)c1. The van der Waals surface area contributed by atoms with Crippen LogP contribution >= 0.6 is 11.5 Å². The lowest BCUT2D eigenvalue weighted by atomic mass is 10.1. The van der Waals surface area contributed by atoms with Crippen molar-refractivity contribution >= 4 is 32.7 Å². The number of carbonyl (C=O) groups is 1. The summed E-state index contributed by atoms with van der Waals surface area (Å²) in [5, 5.41) is 15.6. The molecular weight excluding hydrogens is 320 g/mol. The average molecular weight is 330 g/mol. The molecule has 0 aliphatic heterocycles. The number of hydrogen-bond acceptors (Lipinski definition) is 8. The van der Waals surface area contributed by atoms with Gasteiger partial charge in [0.25, 0.3) is 10.0 Å². The largest absolute Gasteiger partial charge is 0.497 e. The van der Waals surface area contributed by atoms with Crippen LogP contribution in [0, 0.1) is 0 Å². The lowest BCUT2D eigenvalue weighted by Gasteiger charge is -2.10. The Morgan fingerprint density at radius 1 is 1.48 bits per heavy atom. The molecule has 0 bridgehead atoms. The number of ether oxygens (including phenoxy) is 1. The van der Waals surface area contributed by atoms with Crippen LogP contribution in [-0.4, -0.2) is 41.4 Å². The van der Waals surface area contributed by atoms with E-state index in [0.717, 1.165) is 11.5 Å². The highest BCUT2D eigenvalue weighted by Crippen LogP contribution is 2.24. The third-order valence-corrected chi connectivity index (χ3v) is 4.50. The zero-order chi connectivity index (χ0) is 15.5. The minimum absolute atomic E-state index is 0.00732. The molecule has 0 atom stereocenters. The van der Waals surface area contributed by atoms with Crippen molar-refractivity contribution in [2.24, 2.45) is 0 Å². The second-order valence-electron chi connectivity index (χ2n) is 3.82. The van der Waals surface area contributed by atoms with Gasteiger partial charge in [0.2, 0.25) is 5.13 Å². The van der Waals surface area contributed by atoms with Gasteiger partial charge >= 0.3 is 5.97 Å². The van der Waals surface area contributed by atoms with Gasteiger partial charge < -0.3 is 9.84 Å². The summed E-state index contributed by atoms with van der Waals surface area (Å²) in [4.78, 5) is 10.7. The van der Waals surface area contributed by atoms with Crippen LogP contribution in [0.3, 0.4) is 0 Å². The molecule has 2 rings (SSSR count). The minimum atomic E-state index is -3.99. The molecule has 0 spiro atoms. The maximum absolute atomic E-state index is 12.3. The summed E-state index contributed by atoms with van der Waals surface area (Å²) in [5.41, 5.74) is 0.104. The molecule has 0 fully saturated rings. The number of aliphatic carboxylic acids is 1. The Morgan fingerprint density at radius 3 is 2.81 bits per heavy atom.